The number of nitrogens with zero attached hydrogens (tertiary/aromatic N) is 2. The molecule has 0 fully saturated rings. The lowest BCUT2D eigenvalue weighted by molar-refractivity contribution is 1.14. The van der Waals surface area contributed by atoms with E-state index in [0.29, 0.717) is 0 Å². The van der Waals surface area contributed by atoms with Crippen molar-refractivity contribution in [3.05, 3.63) is 27.7 Å². The van der Waals surface area contributed by atoms with Crippen LogP contribution in [-0.2, 0) is 0 Å². The molecule has 0 atom stereocenters. The molecule has 0 amide bonds. The van der Waals surface area contributed by atoms with Crippen molar-refractivity contribution in [2.24, 2.45) is 0 Å². The summed E-state index contributed by atoms with van der Waals surface area (Å²) in [5, 5.41) is 0. The molecule has 0 spiro atoms. The van der Waals surface area contributed by atoms with Crippen molar-refractivity contribution < 1.29 is 0 Å². The first-order chi connectivity index (χ1) is 5.68. The van der Waals surface area contributed by atoms with E-state index in [1.807, 2.05) is 29.7 Å². The van der Waals surface area contributed by atoms with E-state index in [1.54, 1.807) is 0 Å². The van der Waals surface area contributed by atoms with Crippen LogP contribution in [0.5, 0.6) is 0 Å². The first-order valence-electron chi connectivity index (χ1n) is 3.58. The lowest BCUT2D eigenvalue weighted by Gasteiger charge is -1.96. The summed E-state index contributed by atoms with van der Waals surface area (Å²) in [6, 6.07) is 3.78. The predicted molar refractivity (Wildman–Crippen MR) is 57.1 cm³/mol. The fourth-order valence-corrected chi connectivity index (χ4v) is 1.66. The molecule has 0 radical (unpaired) electrons. The highest BCUT2D eigenvalue weighted by Gasteiger charge is 2.03. The zero-order chi connectivity index (χ0) is 8.72. The molecule has 2 rings (SSSR count). The largest absolute Gasteiger partial charge is 0.398 e. The van der Waals surface area contributed by atoms with Gasteiger partial charge in [-0.25, -0.2) is 4.98 Å². The van der Waals surface area contributed by atoms with Crippen molar-refractivity contribution in [1.82, 2.24) is 9.38 Å². The molecule has 0 bridgehead atoms. The predicted octanol–water partition coefficient (Wildman–Crippen LogP) is 1.83. The van der Waals surface area contributed by atoms with Crippen molar-refractivity contribution in [2.45, 2.75) is 6.92 Å². The van der Waals surface area contributed by atoms with E-state index in [2.05, 4.69) is 27.6 Å². The number of aryl methyl sites for hydroxylation is 1. The van der Waals surface area contributed by atoms with Gasteiger partial charge in [0.25, 0.3) is 0 Å². The molecule has 4 heteroatoms. The highest BCUT2D eigenvalue weighted by molar-refractivity contribution is 14.1. The summed E-state index contributed by atoms with van der Waals surface area (Å²) < 4.78 is 3.11. The van der Waals surface area contributed by atoms with E-state index >= 15 is 0 Å². The highest BCUT2D eigenvalue weighted by atomic mass is 127. The Hall–Kier alpha value is -0.780. The zero-order valence-electron chi connectivity index (χ0n) is 6.58. The number of hydrogen-bond acceptors (Lipinski definition) is 2. The smallest absolute Gasteiger partial charge is 0.137 e. The van der Waals surface area contributed by atoms with Crippen LogP contribution in [0, 0.1) is 10.6 Å². The molecular formula is C8H8IN3. The Balaban J connectivity index is 2.88. The van der Waals surface area contributed by atoms with E-state index in [4.69, 9.17) is 5.73 Å². The van der Waals surface area contributed by atoms with Crippen LogP contribution >= 0.6 is 22.6 Å². The molecule has 3 nitrogen and oxygen atoms in total. The maximum atomic E-state index is 5.65. The van der Waals surface area contributed by atoms with Crippen molar-refractivity contribution >= 4 is 33.9 Å². The minimum Gasteiger partial charge on any atom is -0.398 e. The topological polar surface area (TPSA) is 43.3 Å². The number of anilines is 1. The van der Waals surface area contributed by atoms with Gasteiger partial charge in [0.2, 0.25) is 0 Å². The van der Waals surface area contributed by atoms with Gasteiger partial charge in [0.05, 0.1) is 5.69 Å². The number of aromatic nitrogens is 2. The number of nitrogen functional groups attached to an aromatic ring is 1. The first kappa shape index (κ1) is 7.85. The Bertz CT molecular complexity index is 433. The Morgan fingerprint density at radius 3 is 3.00 bits per heavy atom. The SMILES string of the molecule is Cc1nc2ccc(N)cn2c1I. The van der Waals surface area contributed by atoms with Gasteiger partial charge < -0.3 is 5.73 Å². The lowest BCUT2D eigenvalue weighted by atomic mass is 10.4. The summed E-state index contributed by atoms with van der Waals surface area (Å²) >= 11 is 2.26. The number of nitrogens with two attached hydrogens (primary N) is 1. The van der Waals surface area contributed by atoms with Gasteiger partial charge >= 0.3 is 0 Å². The number of imidazole rings is 1. The summed E-state index contributed by atoms with van der Waals surface area (Å²) in [5.41, 5.74) is 8.40. The third-order valence-corrected chi connectivity index (χ3v) is 3.04. The summed E-state index contributed by atoms with van der Waals surface area (Å²) in [6.07, 6.45) is 1.89. The fourth-order valence-electron chi connectivity index (χ4n) is 1.15. The minimum atomic E-state index is 0.762. The minimum absolute atomic E-state index is 0.762. The van der Waals surface area contributed by atoms with Gasteiger partial charge in [-0.1, -0.05) is 0 Å². The average Bonchev–Trinajstić information content (AvgIpc) is 2.31. The molecular weight excluding hydrogens is 265 g/mol. The van der Waals surface area contributed by atoms with E-state index in [9.17, 15) is 0 Å². The molecule has 2 aromatic rings. The van der Waals surface area contributed by atoms with Gasteiger partial charge in [-0.2, -0.15) is 0 Å². The van der Waals surface area contributed by atoms with Crippen molar-refractivity contribution in [1.29, 1.82) is 0 Å². The molecule has 2 aromatic heterocycles. The standard InChI is InChI=1S/C8H8IN3/c1-5-8(9)12-4-6(10)2-3-7(12)11-5/h2-4H,10H2,1H3. The second-order valence-corrected chi connectivity index (χ2v) is 3.70. The van der Waals surface area contributed by atoms with Gasteiger partial charge in [-0.3, -0.25) is 4.40 Å². The molecule has 2 N–H and O–H groups in total. The molecule has 0 aliphatic heterocycles. The lowest BCUT2D eigenvalue weighted by Crippen LogP contribution is -1.91. The number of rotatable bonds is 0. The average molecular weight is 273 g/mol. The maximum absolute atomic E-state index is 5.65. The molecule has 0 aliphatic rings. The molecule has 0 saturated carbocycles. The van der Waals surface area contributed by atoms with Gasteiger partial charge in [-0.05, 0) is 41.6 Å². The van der Waals surface area contributed by atoms with Crippen LogP contribution < -0.4 is 5.73 Å². The summed E-state index contributed by atoms with van der Waals surface area (Å²) in [5.74, 6) is 0. The number of halogens is 1. The number of pyridine rings is 1. The van der Waals surface area contributed by atoms with Crippen LogP contribution in [0.2, 0.25) is 0 Å². The van der Waals surface area contributed by atoms with E-state index < -0.39 is 0 Å². The van der Waals surface area contributed by atoms with E-state index in [1.165, 1.54) is 0 Å². The van der Waals surface area contributed by atoms with Crippen LogP contribution in [0.15, 0.2) is 18.3 Å². The quantitative estimate of drug-likeness (QED) is 0.744. The third kappa shape index (κ3) is 1.06. The van der Waals surface area contributed by atoms with Crippen LogP contribution in [0.25, 0.3) is 5.65 Å². The molecule has 12 heavy (non-hydrogen) atoms. The summed E-state index contributed by atoms with van der Waals surface area (Å²) in [6.45, 7) is 1.99. The van der Waals surface area contributed by atoms with Crippen molar-refractivity contribution in [2.75, 3.05) is 5.73 Å². The molecule has 2 heterocycles. The number of hydrogen-bond donors (Lipinski definition) is 1. The fraction of sp³-hybridized carbons (Fsp3) is 0.125. The Morgan fingerprint density at radius 2 is 2.25 bits per heavy atom. The maximum Gasteiger partial charge on any atom is 0.137 e. The Morgan fingerprint density at radius 1 is 1.50 bits per heavy atom. The Labute approximate surface area is 83.7 Å². The molecule has 0 saturated heterocycles. The second kappa shape index (κ2) is 2.62. The van der Waals surface area contributed by atoms with Gasteiger partial charge in [0.15, 0.2) is 0 Å². The second-order valence-electron chi connectivity index (χ2n) is 2.68. The Kier molecular flexibility index (Phi) is 1.71. The molecule has 0 aliphatic carbocycles. The number of fused-ring (bicyclic) bond motifs is 1. The van der Waals surface area contributed by atoms with Crippen LogP contribution in [0.1, 0.15) is 5.69 Å². The summed E-state index contributed by atoms with van der Waals surface area (Å²) in [4.78, 5) is 4.35. The monoisotopic (exact) mass is 273 g/mol. The normalized spacial score (nSPS) is 10.8. The third-order valence-electron chi connectivity index (χ3n) is 1.74. The molecule has 62 valence electrons. The van der Waals surface area contributed by atoms with E-state index in [0.717, 1.165) is 20.7 Å². The van der Waals surface area contributed by atoms with Gasteiger partial charge in [0.1, 0.15) is 9.35 Å². The van der Waals surface area contributed by atoms with Crippen molar-refractivity contribution in [3.8, 4) is 0 Å². The van der Waals surface area contributed by atoms with Gasteiger partial charge in [-0.15, -0.1) is 0 Å². The molecule has 0 unspecified atom stereocenters. The highest BCUT2D eigenvalue weighted by Crippen LogP contribution is 2.15. The van der Waals surface area contributed by atoms with E-state index in [-0.39, 0.29) is 0 Å². The van der Waals surface area contributed by atoms with Crippen molar-refractivity contribution in [3.63, 3.8) is 0 Å². The van der Waals surface area contributed by atoms with Gasteiger partial charge in [0, 0.05) is 11.9 Å². The summed E-state index contributed by atoms with van der Waals surface area (Å²) in [7, 11) is 0. The van der Waals surface area contributed by atoms with Crippen LogP contribution in [-0.4, -0.2) is 9.38 Å². The van der Waals surface area contributed by atoms with Crippen LogP contribution in [0.4, 0.5) is 5.69 Å². The zero-order valence-corrected chi connectivity index (χ0v) is 8.74. The first-order valence-corrected chi connectivity index (χ1v) is 4.66. The van der Waals surface area contributed by atoms with Crippen LogP contribution in [0.3, 0.4) is 0 Å². The molecule has 0 aromatic carbocycles.